The number of aromatic nitrogens is 4. The molecule has 1 saturated heterocycles. The number of carbonyl (C=O) groups is 1. The molecule has 0 saturated carbocycles. The molecule has 1 amide bonds. The fourth-order valence-corrected chi connectivity index (χ4v) is 4.05. The van der Waals surface area contributed by atoms with Gasteiger partial charge in [0.15, 0.2) is 0 Å². The van der Waals surface area contributed by atoms with Gasteiger partial charge in [0.1, 0.15) is 6.61 Å². The fourth-order valence-electron chi connectivity index (χ4n) is 3.41. The Labute approximate surface area is 167 Å². The van der Waals surface area contributed by atoms with Gasteiger partial charge in [0.25, 0.3) is 5.19 Å². The lowest BCUT2D eigenvalue weighted by Crippen LogP contribution is -2.27. The number of amides is 1. The summed E-state index contributed by atoms with van der Waals surface area (Å²) in [6, 6.07) is 6.43. The molecular formula is C19H22N6O2S. The third kappa shape index (κ3) is 4.37. The first-order valence-corrected chi connectivity index (χ1v) is 10.1. The highest BCUT2D eigenvalue weighted by Crippen LogP contribution is 2.31. The summed E-state index contributed by atoms with van der Waals surface area (Å²) in [5.74, 6) is 0.318. The smallest absolute Gasteiger partial charge is 0.296 e. The van der Waals surface area contributed by atoms with E-state index in [1.54, 1.807) is 6.20 Å². The van der Waals surface area contributed by atoms with Crippen molar-refractivity contribution in [3.05, 3.63) is 48.0 Å². The van der Waals surface area contributed by atoms with Crippen molar-refractivity contribution in [1.82, 2.24) is 25.1 Å². The lowest BCUT2D eigenvalue weighted by molar-refractivity contribution is -0.114. The Kier molecular flexibility index (Phi) is 5.63. The highest BCUT2D eigenvalue weighted by Gasteiger charge is 2.20. The van der Waals surface area contributed by atoms with Gasteiger partial charge in [0.05, 0.1) is 6.33 Å². The van der Waals surface area contributed by atoms with Crippen LogP contribution in [0.5, 0.6) is 5.19 Å². The normalized spacial score (nSPS) is 14.8. The van der Waals surface area contributed by atoms with Crippen LogP contribution in [-0.4, -0.2) is 38.7 Å². The van der Waals surface area contributed by atoms with Crippen LogP contribution in [0.3, 0.4) is 0 Å². The van der Waals surface area contributed by atoms with Gasteiger partial charge in [-0.3, -0.25) is 4.79 Å². The number of nitrogens with one attached hydrogen (secondary N) is 2. The number of hydrogen-bond donors (Lipinski definition) is 2. The van der Waals surface area contributed by atoms with E-state index in [9.17, 15) is 4.79 Å². The molecule has 146 valence electrons. The van der Waals surface area contributed by atoms with Gasteiger partial charge in [-0.25, -0.2) is 4.98 Å². The standard InChI is InChI=1S/C19H22N6O2S/c1-13(26)22-18-23-24-19(28-18)27-11-15-2-3-16(25-9-8-21-12-25)10-17(15)14-4-6-20-7-5-14/h2-3,8-10,12,14,20H,4-7,11H2,1H3,(H,22,23,26). The molecule has 0 radical (unpaired) electrons. The molecule has 8 nitrogen and oxygen atoms in total. The van der Waals surface area contributed by atoms with E-state index in [2.05, 4.69) is 44.0 Å². The Morgan fingerprint density at radius 2 is 2.21 bits per heavy atom. The molecule has 9 heteroatoms. The third-order valence-electron chi connectivity index (χ3n) is 4.75. The van der Waals surface area contributed by atoms with Crippen molar-refractivity contribution in [2.45, 2.75) is 32.3 Å². The maximum absolute atomic E-state index is 11.1. The van der Waals surface area contributed by atoms with Gasteiger partial charge in [-0.15, -0.1) is 5.10 Å². The van der Waals surface area contributed by atoms with Crippen molar-refractivity contribution >= 4 is 22.4 Å². The van der Waals surface area contributed by atoms with Gasteiger partial charge in [-0.2, -0.15) is 0 Å². The SMILES string of the molecule is CC(=O)Nc1nnc(OCc2ccc(-n3ccnc3)cc2C2CCNCC2)s1. The first-order valence-electron chi connectivity index (χ1n) is 9.25. The van der Waals surface area contributed by atoms with E-state index in [0.717, 1.165) is 37.2 Å². The Morgan fingerprint density at radius 1 is 1.36 bits per heavy atom. The fraction of sp³-hybridized carbons (Fsp3) is 0.368. The van der Waals surface area contributed by atoms with Crippen molar-refractivity contribution in [1.29, 1.82) is 0 Å². The summed E-state index contributed by atoms with van der Waals surface area (Å²) in [5.41, 5.74) is 3.55. The van der Waals surface area contributed by atoms with Crippen molar-refractivity contribution in [2.75, 3.05) is 18.4 Å². The molecule has 1 aliphatic rings. The van der Waals surface area contributed by atoms with Gasteiger partial charge in [-0.1, -0.05) is 11.2 Å². The number of ether oxygens (including phenoxy) is 1. The lowest BCUT2D eigenvalue weighted by atomic mass is 9.87. The minimum atomic E-state index is -0.175. The van der Waals surface area contributed by atoms with Crippen LogP contribution in [-0.2, 0) is 11.4 Å². The zero-order chi connectivity index (χ0) is 19.3. The molecule has 0 unspecified atom stereocenters. The van der Waals surface area contributed by atoms with Crippen LogP contribution in [0.1, 0.15) is 36.8 Å². The monoisotopic (exact) mass is 398 g/mol. The summed E-state index contributed by atoms with van der Waals surface area (Å²) >= 11 is 1.22. The molecule has 0 spiro atoms. The lowest BCUT2D eigenvalue weighted by Gasteiger charge is -2.25. The summed E-state index contributed by atoms with van der Waals surface area (Å²) in [6.07, 6.45) is 7.74. The van der Waals surface area contributed by atoms with E-state index in [1.807, 2.05) is 17.1 Å². The maximum atomic E-state index is 11.1. The highest BCUT2D eigenvalue weighted by atomic mass is 32.1. The number of anilines is 1. The van der Waals surface area contributed by atoms with Gasteiger partial charge in [-0.05, 0) is 66.4 Å². The van der Waals surface area contributed by atoms with Crippen LogP contribution in [0.4, 0.5) is 5.13 Å². The zero-order valence-electron chi connectivity index (χ0n) is 15.6. The van der Waals surface area contributed by atoms with E-state index < -0.39 is 0 Å². The topological polar surface area (TPSA) is 94.0 Å². The molecule has 1 aliphatic heterocycles. The molecule has 28 heavy (non-hydrogen) atoms. The van der Waals surface area contributed by atoms with Gasteiger partial charge in [0, 0.05) is 25.0 Å². The van der Waals surface area contributed by atoms with Crippen LogP contribution in [0, 0.1) is 0 Å². The molecule has 1 fully saturated rings. The molecule has 0 bridgehead atoms. The average Bonchev–Trinajstić information content (AvgIpc) is 3.39. The number of hydrogen-bond acceptors (Lipinski definition) is 7. The van der Waals surface area contributed by atoms with Crippen LogP contribution in [0.15, 0.2) is 36.9 Å². The molecule has 4 rings (SSSR count). The largest absolute Gasteiger partial charge is 0.464 e. The predicted octanol–water partition coefficient (Wildman–Crippen LogP) is 2.73. The highest BCUT2D eigenvalue weighted by molar-refractivity contribution is 7.17. The number of imidazole rings is 1. The predicted molar refractivity (Wildman–Crippen MR) is 107 cm³/mol. The van der Waals surface area contributed by atoms with Crippen LogP contribution >= 0.6 is 11.3 Å². The van der Waals surface area contributed by atoms with E-state index in [4.69, 9.17) is 4.74 Å². The second kappa shape index (κ2) is 8.49. The Hall–Kier alpha value is -2.78. The molecule has 3 aromatic rings. The summed E-state index contributed by atoms with van der Waals surface area (Å²) in [4.78, 5) is 15.3. The van der Waals surface area contributed by atoms with Crippen LogP contribution in [0.25, 0.3) is 5.69 Å². The number of rotatable bonds is 6. The Morgan fingerprint density at radius 3 is 2.96 bits per heavy atom. The molecule has 0 aliphatic carbocycles. The van der Waals surface area contributed by atoms with Crippen LogP contribution in [0.2, 0.25) is 0 Å². The van der Waals surface area contributed by atoms with E-state index in [1.165, 1.54) is 23.8 Å². The van der Waals surface area contributed by atoms with E-state index in [0.29, 0.717) is 22.9 Å². The molecular weight excluding hydrogens is 376 g/mol. The number of carbonyl (C=O) groups excluding carboxylic acids is 1. The average molecular weight is 398 g/mol. The Bertz CT molecular complexity index is 934. The molecule has 1 aromatic carbocycles. The van der Waals surface area contributed by atoms with Crippen molar-refractivity contribution in [3.63, 3.8) is 0 Å². The molecule has 3 heterocycles. The Balaban J connectivity index is 1.54. The summed E-state index contributed by atoms with van der Waals surface area (Å²) in [6.45, 7) is 3.90. The second-order valence-corrected chi connectivity index (χ2v) is 7.66. The van der Waals surface area contributed by atoms with Gasteiger partial charge >= 0.3 is 0 Å². The molecule has 0 atom stereocenters. The summed E-state index contributed by atoms with van der Waals surface area (Å²) in [5, 5.41) is 14.8. The number of nitrogens with zero attached hydrogens (tertiary/aromatic N) is 4. The molecule has 2 N–H and O–H groups in total. The van der Waals surface area contributed by atoms with Crippen LogP contribution < -0.4 is 15.4 Å². The minimum Gasteiger partial charge on any atom is -0.464 e. The van der Waals surface area contributed by atoms with Gasteiger partial charge < -0.3 is 19.9 Å². The maximum Gasteiger partial charge on any atom is 0.296 e. The molecule has 2 aromatic heterocycles. The third-order valence-corrected chi connectivity index (χ3v) is 5.50. The summed E-state index contributed by atoms with van der Waals surface area (Å²) < 4.78 is 7.89. The minimum absolute atomic E-state index is 0.175. The first-order chi connectivity index (χ1) is 13.7. The van der Waals surface area contributed by atoms with E-state index >= 15 is 0 Å². The number of benzene rings is 1. The van der Waals surface area contributed by atoms with Crippen molar-refractivity contribution < 1.29 is 9.53 Å². The van der Waals surface area contributed by atoms with E-state index in [-0.39, 0.29) is 5.91 Å². The quantitative estimate of drug-likeness (QED) is 0.663. The van der Waals surface area contributed by atoms with Crippen molar-refractivity contribution in [3.8, 4) is 10.9 Å². The zero-order valence-corrected chi connectivity index (χ0v) is 16.4. The summed E-state index contributed by atoms with van der Waals surface area (Å²) in [7, 11) is 0. The first kappa shape index (κ1) is 18.6. The van der Waals surface area contributed by atoms with Crippen molar-refractivity contribution in [2.24, 2.45) is 0 Å². The van der Waals surface area contributed by atoms with Gasteiger partial charge in [0.2, 0.25) is 11.0 Å². The second-order valence-electron chi connectivity index (χ2n) is 6.72. The number of piperidine rings is 1.